The minimum atomic E-state index is -2.51. The first-order valence-electron chi connectivity index (χ1n) is 9.82. The lowest BCUT2D eigenvalue weighted by atomic mass is 10.2. The largest absolute Gasteiger partial charge is 0.403 e. The van der Waals surface area contributed by atoms with Crippen LogP contribution in [0.25, 0.3) is 10.9 Å². The highest BCUT2D eigenvalue weighted by Crippen LogP contribution is 2.37. The molecule has 0 radical (unpaired) electrons. The maximum atomic E-state index is 7.04. The maximum Gasteiger partial charge on any atom is 0.261 e. The molecule has 0 aliphatic rings. The Morgan fingerprint density at radius 3 is 1.86 bits per heavy atom. The summed E-state index contributed by atoms with van der Waals surface area (Å²) in [5, 5.41) is 3.85. The zero-order chi connectivity index (χ0) is 19.6. The summed E-state index contributed by atoms with van der Waals surface area (Å²) in [6.07, 6.45) is 2.09. The summed E-state index contributed by atoms with van der Waals surface area (Å²) in [5.41, 5.74) is 2.37. The summed E-state index contributed by atoms with van der Waals surface area (Å²) in [4.78, 5) is 3.38. The molecule has 0 amide bonds. The van der Waals surface area contributed by atoms with Crippen molar-refractivity contribution in [1.82, 2.24) is 4.98 Å². The number of benzene rings is 3. The summed E-state index contributed by atoms with van der Waals surface area (Å²) in [6.45, 7) is 7.54. The van der Waals surface area contributed by atoms with Crippen molar-refractivity contribution in [2.75, 3.05) is 0 Å². The Morgan fingerprint density at radius 2 is 1.29 bits per heavy atom. The molecule has 2 nitrogen and oxygen atoms in total. The summed E-state index contributed by atoms with van der Waals surface area (Å²) < 4.78 is 7.04. The van der Waals surface area contributed by atoms with Crippen molar-refractivity contribution >= 4 is 29.6 Å². The Hall–Kier alpha value is -2.62. The predicted molar refractivity (Wildman–Crippen MR) is 121 cm³/mol. The maximum absolute atomic E-state index is 7.04. The number of aromatic nitrogens is 1. The van der Waals surface area contributed by atoms with Crippen molar-refractivity contribution in [3.63, 3.8) is 0 Å². The first kappa shape index (κ1) is 18.7. The quantitative estimate of drug-likeness (QED) is 0.467. The van der Waals surface area contributed by atoms with Crippen LogP contribution in [0.4, 0.5) is 0 Å². The zero-order valence-corrected chi connectivity index (χ0v) is 17.8. The van der Waals surface area contributed by atoms with Crippen molar-refractivity contribution < 1.29 is 4.43 Å². The smallest absolute Gasteiger partial charge is 0.261 e. The molecule has 0 bridgehead atoms. The lowest BCUT2D eigenvalue weighted by Crippen LogP contribution is -2.66. The van der Waals surface area contributed by atoms with Gasteiger partial charge in [-0.1, -0.05) is 99.6 Å². The molecule has 0 aliphatic heterocycles. The van der Waals surface area contributed by atoms with Crippen LogP contribution >= 0.6 is 0 Å². The Bertz CT molecular complexity index is 1010. The highest BCUT2D eigenvalue weighted by Gasteiger charge is 2.50. The molecule has 0 spiro atoms. The minimum Gasteiger partial charge on any atom is -0.403 e. The topological polar surface area (TPSA) is 25.0 Å². The first-order valence-corrected chi connectivity index (χ1v) is 11.7. The molecule has 1 N–H and O–H groups in total. The molecule has 0 saturated heterocycles. The van der Waals surface area contributed by atoms with Gasteiger partial charge in [0.05, 0.1) is 6.61 Å². The van der Waals surface area contributed by atoms with E-state index in [2.05, 4.69) is 117 Å². The van der Waals surface area contributed by atoms with Crippen molar-refractivity contribution in [3.05, 3.63) is 96.7 Å². The van der Waals surface area contributed by atoms with Gasteiger partial charge in [0.1, 0.15) is 0 Å². The molecule has 0 unspecified atom stereocenters. The number of nitrogens with one attached hydrogen (secondary N) is 1. The lowest BCUT2D eigenvalue weighted by Gasteiger charge is -2.43. The summed E-state index contributed by atoms with van der Waals surface area (Å²) in [7, 11) is -2.51. The molecule has 3 aromatic carbocycles. The highest BCUT2D eigenvalue weighted by molar-refractivity contribution is 6.99. The third kappa shape index (κ3) is 3.21. The Morgan fingerprint density at radius 1 is 0.750 bits per heavy atom. The Labute approximate surface area is 168 Å². The van der Waals surface area contributed by atoms with E-state index in [9.17, 15) is 0 Å². The van der Waals surface area contributed by atoms with Crippen molar-refractivity contribution in [2.45, 2.75) is 32.4 Å². The van der Waals surface area contributed by atoms with Gasteiger partial charge in [0, 0.05) is 22.7 Å². The van der Waals surface area contributed by atoms with E-state index in [1.165, 1.54) is 21.3 Å². The van der Waals surface area contributed by atoms with E-state index < -0.39 is 8.32 Å². The number of rotatable bonds is 5. The average Bonchev–Trinajstić information content (AvgIpc) is 3.12. The van der Waals surface area contributed by atoms with Crippen LogP contribution in [0.2, 0.25) is 5.04 Å². The number of para-hydroxylation sites is 1. The van der Waals surface area contributed by atoms with Crippen LogP contribution in [0.15, 0.2) is 91.1 Å². The highest BCUT2D eigenvalue weighted by atomic mass is 28.4. The van der Waals surface area contributed by atoms with Crippen molar-refractivity contribution in [3.8, 4) is 0 Å². The van der Waals surface area contributed by atoms with Crippen LogP contribution in [0.1, 0.15) is 26.3 Å². The number of hydrogen-bond donors (Lipinski definition) is 1. The fourth-order valence-electron chi connectivity index (χ4n) is 4.20. The molecular formula is C25H27NOSi. The van der Waals surface area contributed by atoms with Gasteiger partial charge in [0.2, 0.25) is 0 Å². The Kier molecular flexibility index (Phi) is 4.96. The normalized spacial score (nSPS) is 12.4. The monoisotopic (exact) mass is 385 g/mol. The second-order valence-electron chi connectivity index (χ2n) is 8.31. The molecule has 4 aromatic rings. The standard InChI is InChI=1S/C25H27NOSi/c1-25(2,3)28(21-12-6-4-7-13-21,22-14-8-5-9-15-22)27-19-20-18-26-24-17-11-10-16-23(20)24/h4-18,26H,19H2,1-3H3. The number of fused-ring (bicyclic) bond motifs is 1. The van der Waals surface area contributed by atoms with Gasteiger partial charge in [-0.2, -0.15) is 0 Å². The molecule has 3 heteroatoms. The molecule has 28 heavy (non-hydrogen) atoms. The van der Waals surface area contributed by atoms with Crippen molar-refractivity contribution in [2.24, 2.45) is 0 Å². The van der Waals surface area contributed by atoms with Gasteiger partial charge in [0.25, 0.3) is 8.32 Å². The molecule has 0 aliphatic carbocycles. The van der Waals surface area contributed by atoms with Gasteiger partial charge in [-0.05, 0) is 21.5 Å². The third-order valence-electron chi connectivity index (χ3n) is 5.54. The molecular weight excluding hydrogens is 358 g/mol. The van der Waals surface area contributed by atoms with Crippen molar-refractivity contribution in [1.29, 1.82) is 0 Å². The van der Waals surface area contributed by atoms with E-state index in [1.807, 2.05) is 0 Å². The van der Waals surface area contributed by atoms with Crippen LogP contribution in [0.3, 0.4) is 0 Å². The van der Waals surface area contributed by atoms with Crippen LogP contribution in [-0.2, 0) is 11.0 Å². The molecule has 1 heterocycles. The molecule has 0 saturated carbocycles. The first-order chi connectivity index (χ1) is 13.5. The molecule has 1 aromatic heterocycles. The predicted octanol–water partition coefficient (Wildman–Crippen LogP) is 5.24. The second-order valence-corrected chi connectivity index (χ2v) is 12.6. The van der Waals surface area contributed by atoms with E-state index in [0.29, 0.717) is 6.61 Å². The van der Waals surface area contributed by atoms with Crippen LogP contribution in [-0.4, -0.2) is 13.3 Å². The van der Waals surface area contributed by atoms with Gasteiger partial charge >= 0.3 is 0 Å². The number of H-pyrrole nitrogens is 1. The minimum absolute atomic E-state index is 0.0121. The van der Waals surface area contributed by atoms with Gasteiger partial charge in [-0.25, -0.2) is 0 Å². The van der Waals surface area contributed by atoms with Gasteiger partial charge in [-0.15, -0.1) is 0 Å². The summed E-state index contributed by atoms with van der Waals surface area (Å²) in [6, 6.07) is 30.0. The molecule has 4 rings (SSSR count). The van der Waals surface area contributed by atoms with Gasteiger partial charge in [0.15, 0.2) is 0 Å². The lowest BCUT2D eigenvalue weighted by molar-refractivity contribution is 0.287. The summed E-state index contributed by atoms with van der Waals surface area (Å²) >= 11 is 0. The molecule has 0 fully saturated rings. The van der Waals surface area contributed by atoms with Gasteiger partial charge in [-0.3, -0.25) is 0 Å². The van der Waals surface area contributed by atoms with E-state index in [0.717, 1.165) is 5.52 Å². The zero-order valence-electron chi connectivity index (χ0n) is 16.8. The van der Waals surface area contributed by atoms with E-state index >= 15 is 0 Å². The van der Waals surface area contributed by atoms with E-state index in [4.69, 9.17) is 4.43 Å². The fourth-order valence-corrected chi connectivity index (χ4v) is 8.73. The van der Waals surface area contributed by atoms with Gasteiger partial charge < -0.3 is 9.41 Å². The fraction of sp³-hybridized carbons (Fsp3) is 0.200. The van der Waals surface area contributed by atoms with E-state index in [1.54, 1.807) is 0 Å². The number of aromatic amines is 1. The van der Waals surface area contributed by atoms with Crippen LogP contribution in [0, 0.1) is 0 Å². The SMILES string of the molecule is CC(C)(C)[Si](OCc1c[nH]c2ccccc12)(c1ccccc1)c1ccccc1. The summed E-state index contributed by atoms with van der Waals surface area (Å²) in [5.74, 6) is 0. The third-order valence-corrected chi connectivity index (χ3v) is 10.5. The van der Waals surface area contributed by atoms with Crippen LogP contribution in [0.5, 0.6) is 0 Å². The molecule has 142 valence electrons. The molecule has 0 atom stereocenters. The Balaban J connectivity index is 1.83. The second kappa shape index (κ2) is 7.42. The average molecular weight is 386 g/mol. The van der Waals surface area contributed by atoms with Crippen LogP contribution < -0.4 is 10.4 Å². The van der Waals surface area contributed by atoms with E-state index in [-0.39, 0.29) is 5.04 Å². The number of hydrogen-bond acceptors (Lipinski definition) is 1.